The van der Waals surface area contributed by atoms with Crippen molar-refractivity contribution in [3.8, 4) is 11.5 Å². The quantitative estimate of drug-likeness (QED) is 0.650. The molecule has 0 radical (unpaired) electrons. The average molecular weight is 427 g/mol. The topological polar surface area (TPSA) is 69.6 Å². The van der Waals surface area contributed by atoms with Crippen LogP contribution in [0.5, 0.6) is 11.5 Å². The van der Waals surface area contributed by atoms with Crippen molar-refractivity contribution in [1.29, 1.82) is 0 Å². The number of nitrogens with one attached hydrogen (secondary N) is 1. The van der Waals surface area contributed by atoms with Gasteiger partial charge in [0, 0.05) is 12.7 Å². The Morgan fingerprint density at radius 3 is 2.77 bits per heavy atom. The third-order valence-corrected chi connectivity index (χ3v) is 5.41. The van der Waals surface area contributed by atoms with Gasteiger partial charge in [-0.2, -0.15) is 0 Å². The number of pyridine rings is 1. The fourth-order valence-corrected chi connectivity index (χ4v) is 3.97. The molecule has 6 nitrogen and oxygen atoms in total. The number of ether oxygens (including phenoxy) is 2. The minimum Gasteiger partial charge on any atom is -0.494 e. The van der Waals surface area contributed by atoms with E-state index in [1.165, 1.54) is 0 Å². The smallest absolute Gasteiger partial charge is 0.256 e. The molecule has 156 valence electrons. The van der Waals surface area contributed by atoms with Crippen LogP contribution in [0, 0.1) is 0 Å². The number of carbonyl (C=O) groups is 1. The summed E-state index contributed by atoms with van der Waals surface area (Å²) in [5.74, 6) is 1.02. The van der Waals surface area contributed by atoms with Gasteiger partial charge in [-0.05, 0) is 50.1 Å². The zero-order valence-electron chi connectivity index (χ0n) is 16.9. The lowest BCUT2D eigenvalue weighted by Gasteiger charge is -2.26. The largest absolute Gasteiger partial charge is 0.494 e. The molecule has 1 aromatic heterocycles. The summed E-state index contributed by atoms with van der Waals surface area (Å²) in [7, 11) is 0. The lowest BCUT2D eigenvalue weighted by molar-refractivity contribution is 0.0951. The lowest BCUT2D eigenvalue weighted by atomic mass is 10.1. The molecular formula is C23H23ClN2O4. The first-order chi connectivity index (χ1) is 14.5. The third kappa shape index (κ3) is 3.87. The highest BCUT2D eigenvalue weighted by Gasteiger charge is 2.24. The van der Waals surface area contributed by atoms with Gasteiger partial charge in [-0.15, -0.1) is 0 Å². The Labute approximate surface area is 179 Å². The highest BCUT2D eigenvalue weighted by Crippen LogP contribution is 2.33. The van der Waals surface area contributed by atoms with E-state index in [-0.39, 0.29) is 17.1 Å². The molecule has 1 aliphatic rings. The molecule has 0 aliphatic carbocycles. The maximum Gasteiger partial charge on any atom is 0.256 e. The summed E-state index contributed by atoms with van der Waals surface area (Å²) < 4.78 is 13.1. The summed E-state index contributed by atoms with van der Waals surface area (Å²) in [6, 6.07) is 11.1. The maximum absolute atomic E-state index is 13.0. The maximum atomic E-state index is 13.0. The van der Waals surface area contributed by atoms with Crippen LogP contribution in [0.25, 0.3) is 10.9 Å². The van der Waals surface area contributed by atoms with Gasteiger partial charge >= 0.3 is 0 Å². The van der Waals surface area contributed by atoms with Crippen molar-refractivity contribution in [2.75, 3.05) is 13.2 Å². The fraction of sp³-hybridized carbons (Fsp3) is 0.304. The summed E-state index contributed by atoms with van der Waals surface area (Å²) in [6.07, 6.45) is 2.19. The number of rotatable bonds is 6. The molecule has 1 amide bonds. The molecule has 0 fully saturated rings. The molecule has 30 heavy (non-hydrogen) atoms. The minimum atomic E-state index is -0.405. The number of carbonyl (C=O) groups excluding carboxylic acids is 1. The predicted octanol–water partition coefficient (Wildman–Crippen LogP) is 3.81. The minimum absolute atomic E-state index is 0.0695. The van der Waals surface area contributed by atoms with E-state index in [0.717, 1.165) is 11.3 Å². The molecule has 0 unspecified atom stereocenters. The van der Waals surface area contributed by atoms with Gasteiger partial charge in [-0.25, -0.2) is 0 Å². The Morgan fingerprint density at radius 2 is 2.03 bits per heavy atom. The van der Waals surface area contributed by atoms with Gasteiger partial charge in [-0.1, -0.05) is 23.7 Å². The Morgan fingerprint density at radius 1 is 1.27 bits per heavy atom. The highest BCUT2D eigenvalue weighted by atomic mass is 35.5. The summed E-state index contributed by atoms with van der Waals surface area (Å²) in [4.78, 5) is 25.8. The summed E-state index contributed by atoms with van der Waals surface area (Å²) in [5.41, 5.74) is 1.41. The van der Waals surface area contributed by atoms with Crippen LogP contribution in [0.15, 0.2) is 47.4 Å². The molecule has 0 saturated carbocycles. The number of hydrogen-bond acceptors (Lipinski definition) is 4. The molecule has 1 atom stereocenters. The van der Waals surface area contributed by atoms with Gasteiger partial charge in [0.1, 0.15) is 23.2 Å². The monoisotopic (exact) mass is 426 g/mol. The number of benzene rings is 2. The molecular weight excluding hydrogens is 404 g/mol. The first-order valence-corrected chi connectivity index (χ1v) is 10.4. The van der Waals surface area contributed by atoms with Gasteiger partial charge < -0.3 is 19.4 Å². The van der Waals surface area contributed by atoms with Gasteiger partial charge in [0.15, 0.2) is 0 Å². The molecule has 0 bridgehead atoms. The van der Waals surface area contributed by atoms with Crippen LogP contribution in [0.4, 0.5) is 0 Å². The molecule has 3 aromatic rings. The van der Waals surface area contributed by atoms with E-state index in [0.29, 0.717) is 47.8 Å². The molecule has 1 N–H and O–H groups in total. The summed E-state index contributed by atoms with van der Waals surface area (Å²) in [6.45, 7) is 5.45. The van der Waals surface area contributed by atoms with E-state index in [2.05, 4.69) is 5.32 Å². The zero-order chi connectivity index (χ0) is 21.3. The SMILES string of the molecule is CCOc1ccc(CCNC(=O)c2cn3c4c(ccc(Cl)c4c2=O)O[C@@H](C)C3)cc1. The van der Waals surface area contributed by atoms with Crippen molar-refractivity contribution < 1.29 is 14.3 Å². The summed E-state index contributed by atoms with van der Waals surface area (Å²) in [5, 5.41) is 3.48. The summed E-state index contributed by atoms with van der Waals surface area (Å²) >= 11 is 6.31. The molecule has 0 saturated heterocycles. The van der Waals surface area contributed by atoms with Gasteiger partial charge in [0.25, 0.3) is 5.91 Å². The zero-order valence-corrected chi connectivity index (χ0v) is 17.7. The van der Waals surface area contributed by atoms with E-state index in [4.69, 9.17) is 21.1 Å². The molecule has 2 aromatic carbocycles. The first kappa shape index (κ1) is 20.3. The second-order valence-electron chi connectivity index (χ2n) is 7.30. The van der Waals surface area contributed by atoms with Gasteiger partial charge in [-0.3, -0.25) is 9.59 Å². The lowest BCUT2D eigenvalue weighted by Crippen LogP contribution is -2.33. The average Bonchev–Trinajstić information content (AvgIpc) is 2.72. The van der Waals surface area contributed by atoms with E-state index >= 15 is 0 Å². The van der Waals surface area contributed by atoms with Crippen LogP contribution in [0.3, 0.4) is 0 Å². The van der Waals surface area contributed by atoms with Crippen LogP contribution < -0.4 is 20.2 Å². The van der Waals surface area contributed by atoms with Crippen LogP contribution in [0.1, 0.15) is 29.8 Å². The van der Waals surface area contributed by atoms with Crippen molar-refractivity contribution in [2.45, 2.75) is 32.9 Å². The standard InChI is InChI=1S/C23H23ClN2O4/c1-3-29-16-6-4-15(5-7-16)10-11-25-23(28)17-13-26-12-14(2)30-19-9-8-18(24)20(21(19)26)22(17)27/h4-9,13-14H,3,10-12H2,1-2H3,(H,25,28)/t14-/m0/s1. The second kappa shape index (κ2) is 8.40. The predicted molar refractivity (Wildman–Crippen MR) is 117 cm³/mol. The van der Waals surface area contributed by atoms with Gasteiger partial charge in [0.2, 0.25) is 5.43 Å². The Bertz CT molecular complexity index is 1150. The Hall–Kier alpha value is -2.99. The van der Waals surface area contributed by atoms with Crippen molar-refractivity contribution in [3.63, 3.8) is 0 Å². The molecule has 0 spiro atoms. The van der Waals surface area contributed by atoms with Crippen molar-refractivity contribution >= 4 is 28.4 Å². The highest BCUT2D eigenvalue weighted by molar-refractivity contribution is 6.35. The van der Waals surface area contributed by atoms with Crippen molar-refractivity contribution in [2.24, 2.45) is 0 Å². The number of amides is 1. The van der Waals surface area contributed by atoms with Crippen molar-refractivity contribution in [3.05, 3.63) is 69.0 Å². The number of hydrogen-bond donors (Lipinski definition) is 1. The number of aromatic nitrogens is 1. The van der Waals surface area contributed by atoms with Crippen LogP contribution >= 0.6 is 11.6 Å². The van der Waals surface area contributed by atoms with E-state index in [1.807, 2.05) is 42.7 Å². The van der Waals surface area contributed by atoms with Crippen LogP contribution in [-0.2, 0) is 13.0 Å². The van der Waals surface area contributed by atoms with E-state index < -0.39 is 5.91 Å². The first-order valence-electron chi connectivity index (χ1n) is 10.00. The third-order valence-electron chi connectivity index (χ3n) is 5.09. The molecule has 1 aliphatic heterocycles. The Kier molecular flexibility index (Phi) is 5.68. The van der Waals surface area contributed by atoms with E-state index in [1.54, 1.807) is 18.3 Å². The van der Waals surface area contributed by atoms with Crippen molar-refractivity contribution in [1.82, 2.24) is 9.88 Å². The number of halogens is 1. The Balaban J connectivity index is 1.54. The normalized spacial score (nSPS) is 15.0. The van der Waals surface area contributed by atoms with Crippen LogP contribution in [-0.4, -0.2) is 29.7 Å². The fourth-order valence-electron chi connectivity index (χ4n) is 3.73. The molecule has 7 heteroatoms. The van der Waals surface area contributed by atoms with E-state index in [9.17, 15) is 9.59 Å². The number of nitrogens with zero attached hydrogens (tertiary/aromatic N) is 1. The molecule has 2 heterocycles. The molecule has 4 rings (SSSR count). The van der Waals surface area contributed by atoms with Crippen LogP contribution in [0.2, 0.25) is 5.02 Å². The second-order valence-corrected chi connectivity index (χ2v) is 7.71. The van der Waals surface area contributed by atoms with Gasteiger partial charge in [0.05, 0.1) is 29.1 Å².